The van der Waals surface area contributed by atoms with E-state index < -0.39 is 5.60 Å². The molecule has 0 radical (unpaired) electrons. The number of aryl methyl sites for hydroxylation is 1. The first kappa shape index (κ1) is 11.3. The topological polar surface area (TPSA) is 20.2 Å². The van der Waals surface area contributed by atoms with Crippen molar-refractivity contribution in [2.24, 2.45) is 5.92 Å². The molecular weight excluding hydrogens is 172 g/mol. The van der Waals surface area contributed by atoms with Gasteiger partial charge in [-0.2, -0.15) is 0 Å². The summed E-state index contributed by atoms with van der Waals surface area (Å²) in [5.74, 6) is 0.506. The molecule has 0 saturated carbocycles. The van der Waals surface area contributed by atoms with Crippen molar-refractivity contribution in [2.75, 3.05) is 0 Å². The summed E-state index contributed by atoms with van der Waals surface area (Å²) in [6.07, 6.45) is 0.802. The van der Waals surface area contributed by atoms with Gasteiger partial charge in [0.25, 0.3) is 0 Å². The Kier molecular flexibility index (Phi) is 3.33. The molecule has 1 aromatic carbocycles. The van der Waals surface area contributed by atoms with Crippen molar-refractivity contribution in [1.29, 1.82) is 0 Å². The molecule has 1 heteroatoms. The number of rotatable bonds is 3. The zero-order chi connectivity index (χ0) is 10.8. The number of hydrogen-bond acceptors (Lipinski definition) is 1. The predicted octanol–water partition coefficient (Wildman–Crippen LogP) is 3.25. The van der Waals surface area contributed by atoms with Gasteiger partial charge in [-0.1, -0.05) is 43.7 Å². The zero-order valence-corrected chi connectivity index (χ0v) is 9.54. The van der Waals surface area contributed by atoms with Crippen LogP contribution < -0.4 is 0 Å². The minimum atomic E-state index is -0.693. The molecule has 1 nitrogen and oxygen atoms in total. The van der Waals surface area contributed by atoms with Crippen molar-refractivity contribution in [3.63, 3.8) is 0 Å². The lowest BCUT2D eigenvalue weighted by Crippen LogP contribution is -2.23. The fraction of sp³-hybridized carbons (Fsp3) is 0.538. The third kappa shape index (κ3) is 2.85. The van der Waals surface area contributed by atoms with Crippen LogP contribution >= 0.6 is 0 Å². The molecule has 1 unspecified atom stereocenters. The third-order valence-electron chi connectivity index (χ3n) is 2.48. The van der Waals surface area contributed by atoms with Crippen molar-refractivity contribution >= 4 is 0 Å². The normalized spacial score (nSPS) is 15.6. The van der Waals surface area contributed by atoms with Gasteiger partial charge in [0.1, 0.15) is 0 Å². The van der Waals surface area contributed by atoms with E-state index in [-0.39, 0.29) is 0 Å². The summed E-state index contributed by atoms with van der Waals surface area (Å²) < 4.78 is 0. The minimum Gasteiger partial charge on any atom is -0.385 e. The van der Waals surface area contributed by atoms with Crippen molar-refractivity contribution < 1.29 is 5.11 Å². The molecule has 1 aromatic rings. The number of hydrogen-bond donors (Lipinski definition) is 1. The molecule has 0 aromatic heterocycles. The third-order valence-corrected chi connectivity index (χ3v) is 2.48. The first-order chi connectivity index (χ1) is 6.42. The fourth-order valence-corrected chi connectivity index (χ4v) is 1.83. The highest BCUT2D eigenvalue weighted by molar-refractivity contribution is 5.25. The van der Waals surface area contributed by atoms with Gasteiger partial charge in [0.15, 0.2) is 0 Å². The molecule has 0 saturated heterocycles. The highest BCUT2D eigenvalue weighted by Gasteiger charge is 2.23. The van der Waals surface area contributed by atoms with Crippen LogP contribution in [0.3, 0.4) is 0 Å². The Bertz CT molecular complexity index is 283. The highest BCUT2D eigenvalue weighted by atomic mass is 16.3. The molecule has 0 aliphatic heterocycles. The van der Waals surface area contributed by atoms with Crippen LogP contribution in [0.4, 0.5) is 0 Å². The maximum atomic E-state index is 10.2. The second kappa shape index (κ2) is 4.14. The van der Waals surface area contributed by atoms with E-state index in [4.69, 9.17) is 0 Å². The SMILES string of the molecule is Cc1ccc(C(C)(O)CC(C)C)cc1. The summed E-state index contributed by atoms with van der Waals surface area (Å²) in [5.41, 5.74) is 1.55. The maximum Gasteiger partial charge on any atom is 0.0871 e. The summed E-state index contributed by atoms with van der Waals surface area (Å²) >= 11 is 0. The van der Waals surface area contributed by atoms with Crippen molar-refractivity contribution in [1.82, 2.24) is 0 Å². The van der Waals surface area contributed by atoms with Crippen molar-refractivity contribution in [3.8, 4) is 0 Å². The second-order valence-corrected chi connectivity index (χ2v) is 4.74. The van der Waals surface area contributed by atoms with E-state index in [1.807, 2.05) is 31.2 Å². The molecule has 1 N–H and O–H groups in total. The molecule has 0 spiro atoms. The molecule has 1 rings (SSSR count). The lowest BCUT2D eigenvalue weighted by molar-refractivity contribution is 0.0348. The zero-order valence-electron chi connectivity index (χ0n) is 9.54. The molecular formula is C13H20O. The fourth-order valence-electron chi connectivity index (χ4n) is 1.83. The van der Waals surface area contributed by atoms with Crippen LogP contribution in [0.5, 0.6) is 0 Å². The van der Waals surface area contributed by atoms with Gasteiger partial charge < -0.3 is 5.11 Å². The van der Waals surface area contributed by atoms with Gasteiger partial charge in [0, 0.05) is 0 Å². The maximum absolute atomic E-state index is 10.2. The summed E-state index contributed by atoms with van der Waals surface area (Å²) in [6.45, 7) is 8.20. The van der Waals surface area contributed by atoms with E-state index in [0.717, 1.165) is 12.0 Å². The van der Waals surface area contributed by atoms with Crippen molar-refractivity contribution in [3.05, 3.63) is 35.4 Å². The second-order valence-electron chi connectivity index (χ2n) is 4.74. The van der Waals surface area contributed by atoms with Gasteiger partial charge in [0.05, 0.1) is 5.60 Å². The van der Waals surface area contributed by atoms with Crippen LogP contribution in [0.2, 0.25) is 0 Å². The van der Waals surface area contributed by atoms with Crippen LogP contribution in [0, 0.1) is 12.8 Å². The van der Waals surface area contributed by atoms with E-state index in [2.05, 4.69) is 20.8 Å². The molecule has 14 heavy (non-hydrogen) atoms. The Labute approximate surface area is 86.8 Å². The molecule has 0 heterocycles. The van der Waals surface area contributed by atoms with E-state index >= 15 is 0 Å². The van der Waals surface area contributed by atoms with E-state index in [9.17, 15) is 5.11 Å². The van der Waals surface area contributed by atoms with Crippen LogP contribution in [0.1, 0.15) is 38.3 Å². The lowest BCUT2D eigenvalue weighted by Gasteiger charge is -2.25. The Morgan fingerprint density at radius 2 is 1.71 bits per heavy atom. The summed E-state index contributed by atoms with van der Waals surface area (Å²) in [5, 5.41) is 10.2. The van der Waals surface area contributed by atoms with Gasteiger partial charge in [0.2, 0.25) is 0 Å². The standard InChI is InChI=1S/C13H20O/c1-10(2)9-13(4,14)12-7-5-11(3)6-8-12/h5-8,10,14H,9H2,1-4H3. The molecule has 0 amide bonds. The Balaban J connectivity index is 2.86. The monoisotopic (exact) mass is 192 g/mol. The predicted molar refractivity (Wildman–Crippen MR) is 60.2 cm³/mol. The smallest absolute Gasteiger partial charge is 0.0871 e. The highest BCUT2D eigenvalue weighted by Crippen LogP contribution is 2.27. The van der Waals surface area contributed by atoms with Gasteiger partial charge in [-0.05, 0) is 31.7 Å². The average molecular weight is 192 g/mol. The van der Waals surface area contributed by atoms with Gasteiger partial charge in [-0.25, -0.2) is 0 Å². The largest absolute Gasteiger partial charge is 0.385 e. The van der Waals surface area contributed by atoms with Gasteiger partial charge in [-0.15, -0.1) is 0 Å². The average Bonchev–Trinajstić information content (AvgIpc) is 2.02. The van der Waals surface area contributed by atoms with Crippen LogP contribution in [0.15, 0.2) is 24.3 Å². The van der Waals surface area contributed by atoms with Crippen LogP contribution in [-0.2, 0) is 5.60 Å². The van der Waals surface area contributed by atoms with E-state index in [1.54, 1.807) is 0 Å². The van der Waals surface area contributed by atoms with Gasteiger partial charge in [-0.3, -0.25) is 0 Å². The summed E-state index contributed by atoms with van der Waals surface area (Å²) in [4.78, 5) is 0. The Hall–Kier alpha value is -0.820. The lowest BCUT2D eigenvalue weighted by atomic mass is 9.87. The molecule has 0 bridgehead atoms. The molecule has 0 aliphatic rings. The van der Waals surface area contributed by atoms with Crippen LogP contribution in [0.25, 0.3) is 0 Å². The molecule has 78 valence electrons. The summed E-state index contributed by atoms with van der Waals surface area (Å²) in [6, 6.07) is 8.11. The Morgan fingerprint density at radius 3 is 2.14 bits per heavy atom. The minimum absolute atomic E-state index is 0.506. The van der Waals surface area contributed by atoms with Crippen molar-refractivity contribution in [2.45, 2.75) is 39.7 Å². The van der Waals surface area contributed by atoms with Crippen LogP contribution in [-0.4, -0.2) is 5.11 Å². The molecule has 0 fully saturated rings. The summed E-state index contributed by atoms with van der Waals surface area (Å²) in [7, 11) is 0. The van der Waals surface area contributed by atoms with Gasteiger partial charge >= 0.3 is 0 Å². The molecule has 0 aliphatic carbocycles. The Morgan fingerprint density at radius 1 is 1.21 bits per heavy atom. The van der Waals surface area contributed by atoms with E-state index in [0.29, 0.717) is 5.92 Å². The first-order valence-electron chi connectivity index (χ1n) is 5.21. The first-order valence-corrected chi connectivity index (χ1v) is 5.21. The number of benzene rings is 1. The molecule has 1 atom stereocenters. The number of aliphatic hydroxyl groups is 1. The quantitative estimate of drug-likeness (QED) is 0.779. The van der Waals surface area contributed by atoms with E-state index in [1.165, 1.54) is 5.56 Å².